The maximum absolute atomic E-state index is 12.3. The summed E-state index contributed by atoms with van der Waals surface area (Å²) in [5.74, 6) is -0.210. The molecule has 0 amide bonds. The van der Waals surface area contributed by atoms with E-state index in [1.807, 2.05) is 49.4 Å². The number of carbonyl (C=O) groups excluding carboxylic acids is 2. The lowest BCUT2D eigenvalue weighted by Crippen LogP contribution is -2.09. The second kappa shape index (κ2) is 7.94. The average Bonchev–Trinajstić information content (AvgIpc) is 3.11. The second-order valence-corrected chi connectivity index (χ2v) is 6.48. The van der Waals surface area contributed by atoms with Crippen LogP contribution in [0.2, 0.25) is 0 Å². The topological polar surface area (TPSA) is 65.0 Å². The van der Waals surface area contributed by atoms with E-state index in [1.54, 1.807) is 42.5 Å². The Kier molecular flexibility index (Phi) is 5.03. The zero-order chi connectivity index (χ0) is 20.2. The lowest BCUT2D eigenvalue weighted by molar-refractivity contribution is -0.129. The molecule has 0 spiro atoms. The highest BCUT2D eigenvalue weighted by Crippen LogP contribution is 2.21. The summed E-state index contributed by atoms with van der Waals surface area (Å²) in [6.45, 7) is 1.86. The van der Waals surface area contributed by atoms with Crippen molar-refractivity contribution in [1.82, 2.24) is 0 Å². The summed E-state index contributed by atoms with van der Waals surface area (Å²) in [6.07, 6.45) is 1.63. The maximum atomic E-state index is 12.3. The van der Waals surface area contributed by atoms with Crippen molar-refractivity contribution in [1.29, 1.82) is 0 Å². The molecule has 0 saturated heterocycles. The Labute approximate surface area is 167 Å². The van der Waals surface area contributed by atoms with Crippen molar-refractivity contribution in [3.8, 4) is 5.75 Å². The Morgan fingerprint density at radius 1 is 0.931 bits per heavy atom. The molecule has 0 fully saturated rings. The molecule has 0 N–H and O–H groups in total. The van der Waals surface area contributed by atoms with Gasteiger partial charge in [0.05, 0.1) is 5.56 Å². The number of esters is 2. The first-order chi connectivity index (χ1) is 14.1. The number of ether oxygens (including phenoxy) is 2. The minimum Gasteiger partial charge on any atom is -0.423 e. The van der Waals surface area contributed by atoms with E-state index in [4.69, 9.17) is 9.47 Å². The fourth-order valence-electron chi connectivity index (χ4n) is 2.87. The van der Waals surface area contributed by atoms with E-state index < -0.39 is 11.9 Å². The lowest BCUT2D eigenvalue weighted by Gasteiger charge is -2.06. The fraction of sp³-hybridized carbons (Fsp3) is 0.0417. The van der Waals surface area contributed by atoms with Crippen LogP contribution in [0, 0.1) is 6.92 Å². The summed E-state index contributed by atoms with van der Waals surface area (Å²) < 4.78 is 10.7. The van der Waals surface area contributed by atoms with Gasteiger partial charge >= 0.3 is 11.9 Å². The molecule has 1 aliphatic rings. The molecule has 4 rings (SSSR count). The minimum atomic E-state index is -0.501. The Hall–Kier alpha value is -3.99. The number of benzene rings is 3. The first-order valence-corrected chi connectivity index (χ1v) is 9.06. The number of carbonyl (C=O) groups is 2. The van der Waals surface area contributed by atoms with Crippen LogP contribution in [0.1, 0.15) is 27.0 Å². The van der Waals surface area contributed by atoms with Crippen LogP contribution >= 0.6 is 0 Å². The third kappa shape index (κ3) is 4.14. The molecule has 1 aliphatic heterocycles. The SMILES string of the molecule is Cc1ccccc1C(=O)Oc1ccc(/C=C2/N=C(c3ccccc3)OC2=O)cc1. The van der Waals surface area contributed by atoms with E-state index in [9.17, 15) is 9.59 Å². The van der Waals surface area contributed by atoms with Gasteiger partial charge in [-0.1, -0.05) is 48.5 Å². The van der Waals surface area contributed by atoms with Crippen LogP contribution in [0.4, 0.5) is 0 Å². The number of aliphatic imine (C=N–C) groups is 1. The highest BCUT2D eigenvalue weighted by Gasteiger charge is 2.23. The van der Waals surface area contributed by atoms with Gasteiger partial charge in [0, 0.05) is 5.56 Å². The van der Waals surface area contributed by atoms with Gasteiger partial charge in [-0.05, 0) is 54.5 Å². The van der Waals surface area contributed by atoms with Crippen molar-refractivity contribution >= 4 is 23.9 Å². The number of cyclic esters (lactones) is 1. The van der Waals surface area contributed by atoms with Crippen molar-refractivity contribution in [3.05, 3.63) is 107 Å². The van der Waals surface area contributed by atoms with Crippen LogP contribution in [0.3, 0.4) is 0 Å². The molecule has 29 heavy (non-hydrogen) atoms. The van der Waals surface area contributed by atoms with Crippen LogP contribution in [0.15, 0.2) is 89.6 Å². The zero-order valence-corrected chi connectivity index (χ0v) is 15.7. The highest BCUT2D eigenvalue weighted by molar-refractivity contribution is 6.12. The number of hydrogen-bond acceptors (Lipinski definition) is 5. The van der Waals surface area contributed by atoms with E-state index in [0.717, 1.165) is 16.7 Å². The van der Waals surface area contributed by atoms with Gasteiger partial charge in [-0.3, -0.25) is 0 Å². The molecule has 0 bridgehead atoms. The average molecular weight is 383 g/mol. The summed E-state index contributed by atoms with van der Waals surface area (Å²) in [4.78, 5) is 28.7. The minimum absolute atomic E-state index is 0.216. The second-order valence-electron chi connectivity index (χ2n) is 6.48. The van der Waals surface area contributed by atoms with Crippen molar-refractivity contribution in [2.75, 3.05) is 0 Å². The Balaban J connectivity index is 1.49. The Morgan fingerprint density at radius 3 is 2.34 bits per heavy atom. The van der Waals surface area contributed by atoms with Crippen molar-refractivity contribution in [3.63, 3.8) is 0 Å². The Bertz CT molecular complexity index is 1130. The van der Waals surface area contributed by atoms with Crippen LogP contribution in [-0.4, -0.2) is 17.8 Å². The van der Waals surface area contributed by atoms with E-state index in [-0.39, 0.29) is 11.6 Å². The van der Waals surface area contributed by atoms with E-state index in [2.05, 4.69) is 4.99 Å². The molecular weight excluding hydrogens is 366 g/mol. The van der Waals surface area contributed by atoms with E-state index >= 15 is 0 Å². The molecule has 3 aromatic rings. The van der Waals surface area contributed by atoms with Gasteiger partial charge in [-0.15, -0.1) is 0 Å². The molecule has 0 aromatic heterocycles. The quantitative estimate of drug-likeness (QED) is 0.376. The van der Waals surface area contributed by atoms with Crippen molar-refractivity contribution < 1.29 is 19.1 Å². The van der Waals surface area contributed by atoms with E-state index in [1.165, 1.54) is 0 Å². The smallest absolute Gasteiger partial charge is 0.363 e. The van der Waals surface area contributed by atoms with Gasteiger partial charge in [0.1, 0.15) is 5.75 Å². The first-order valence-electron chi connectivity index (χ1n) is 9.06. The predicted molar refractivity (Wildman–Crippen MR) is 110 cm³/mol. The molecule has 0 atom stereocenters. The predicted octanol–water partition coefficient (Wildman–Crippen LogP) is 4.56. The molecule has 0 saturated carbocycles. The number of rotatable bonds is 4. The molecule has 3 aromatic carbocycles. The normalized spacial score (nSPS) is 14.4. The van der Waals surface area contributed by atoms with Gasteiger partial charge in [-0.2, -0.15) is 0 Å². The molecule has 0 aliphatic carbocycles. The standard InChI is InChI=1S/C24H17NO4/c1-16-7-5-6-10-20(16)23(26)28-19-13-11-17(12-14-19)15-21-24(27)29-22(25-21)18-8-3-2-4-9-18/h2-15H,1H3/b21-15+. The molecule has 0 unspecified atom stereocenters. The number of hydrogen-bond donors (Lipinski definition) is 0. The van der Waals surface area contributed by atoms with Crippen LogP contribution in [0.5, 0.6) is 5.75 Å². The third-order valence-corrected chi connectivity index (χ3v) is 4.40. The summed E-state index contributed by atoms with van der Waals surface area (Å²) in [6, 6.07) is 23.3. The zero-order valence-electron chi connectivity index (χ0n) is 15.7. The molecule has 1 heterocycles. The third-order valence-electron chi connectivity index (χ3n) is 4.40. The van der Waals surface area contributed by atoms with Gasteiger partial charge < -0.3 is 9.47 Å². The molecule has 0 radical (unpaired) electrons. The molecule has 5 nitrogen and oxygen atoms in total. The first kappa shape index (κ1) is 18.4. The van der Waals surface area contributed by atoms with Gasteiger partial charge in [0.15, 0.2) is 5.70 Å². The highest BCUT2D eigenvalue weighted by atomic mass is 16.6. The van der Waals surface area contributed by atoms with Gasteiger partial charge in [0.25, 0.3) is 0 Å². The van der Waals surface area contributed by atoms with Crippen LogP contribution < -0.4 is 4.74 Å². The van der Waals surface area contributed by atoms with Gasteiger partial charge in [-0.25, -0.2) is 14.6 Å². The van der Waals surface area contributed by atoms with Crippen molar-refractivity contribution in [2.45, 2.75) is 6.92 Å². The lowest BCUT2D eigenvalue weighted by atomic mass is 10.1. The maximum Gasteiger partial charge on any atom is 0.363 e. The van der Waals surface area contributed by atoms with Crippen LogP contribution in [-0.2, 0) is 9.53 Å². The summed E-state index contributed by atoms with van der Waals surface area (Å²) in [7, 11) is 0. The summed E-state index contributed by atoms with van der Waals surface area (Å²) >= 11 is 0. The fourth-order valence-corrected chi connectivity index (χ4v) is 2.87. The number of nitrogens with zero attached hydrogens (tertiary/aromatic N) is 1. The molecular formula is C24H17NO4. The van der Waals surface area contributed by atoms with Gasteiger partial charge in [0.2, 0.25) is 5.90 Å². The summed E-state index contributed by atoms with van der Waals surface area (Å²) in [5.41, 5.74) is 3.07. The number of aryl methyl sites for hydroxylation is 1. The molecule has 142 valence electrons. The summed E-state index contributed by atoms with van der Waals surface area (Å²) in [5, 5.41) is 0. The monoisotopic (exact) mass is 383 g/mol. The Morgan fingerprint density at radius 2 is 1.62 bits per heavy atom. The molecule has 5 heteroatoms. The van der Waals surface area contributed by atoms with Crippen molar-refractivity contribution in [2.24, 2.45) is 4.99 Å². The van der Waals surface area contributed by atoms with Crippen LogP contribution in [0.25, 0.3) is 6.08 Å². The largest absolute Gasteiger partial charge is 0.423 e. The van der Waals surface area contributed by atoms with E-state index in [0.29, 0.717) is 11.3 Å².